The Labute approximate surface area is 130 Å². The van der Waals surface area contributed by atoms with Crippen molar-refractivity contribution in [2.24, 2.45) is 0 Å². The molecular formula is C15H23N5S. The zero-order valence-corrected chi connectivity index (χ0v) is 13.9. The van der Waals surface area contributed by atoms with E-state index in [1.165, 1.54) is 5.69 Å². The first-order chi connectivity index (χ1) is 10.1. The second-order valence-electron chi connectivity index (χ2n) is 5.06. The van der Waals surface area contributed by atoms with Crippen LogP contribution in [0, 0.1) is 0 Å². The Kier molecular flexibility index (Phi) is 5.12. The molecular weight excluding hydrogens is 282 g/mol. The highest BCUT2D eigenvalue weighted by molar-refractivity contribution is 7.99. The van der Waals surface area contributed by atoms with Crippen molar-refractivity contribution >= 4 is 17.4 Å². The number of benzene rings is 1. The maximum absolute atomic E-state index is 6.09. The smallest absolute Gasteiger partial charge is 0.210 e. The minimum atomic E-state index is 0.425. The molecule has 6 heteroatoms. The molecule has 2 rings (SSSR count). The van der Waals surface area contributed by atoms with E-state index in [2.05, 4.69) is 54.9 Å². The number of hydrogen-bond acceptors (Lipinski definition) is 5. The van der Waals surface area contributed by atoms with Gasteiger partial charge in [-0.15, -0.1) is 10.2 Å². The fraction of sp³-hybridized carbons (Fsp3) is 0.467. The Balaban J connectivity index is 2.25. The number of nitrogens with two attached hydrogens (primary N) is 1. The predicted octanol–water partition coefficient (Wildman–Crippen LogP) is 3.01. The number of thioether (sulfide) groups is 1. The van der Waals surface area contributed by atoms with Gasteiger partial charge in [0.1, 0.15) is 0 Å². The van der Waals surface area contributed by atoms with Gasteiger partial charge in [0.2, 0.25) is 5.16 Å². The van der Waals surface area contributed by atoms with E-state index in [9.17, 15) is 0 Å². The van der Waals surface area contributed by atoms with Gasteiger partial charge in [0, 0.05) is 29.6 Å². The average molecular weight is 305 g/mol. The molecule has 0 spiro atoms. The summed E-state index contributed by atoms with van der Waals surface area (Å²) in [5, 5.41) is 9.54. The van der Waals surface area contributed by atoms with Gasteiger partial charge in [-0.05, 0) is 38.1 Å². The van der Waals surface area contributed by atoms with Crippen molar-refractivity contribution in [2.45, 2.75) is 38.1 Å². The fourth-order valence-corrected chi connectivity index (χ4v) is 2.88. The normalized spacial score (nSPS) is 11.1. The van der Waals surface area contributed by atoms with Gasteiger partial charge < -0.3 is 10.7 Å². The molecule has 114 valence electrons. The lowest BCUT2D eigenvalue weighted by Crippen LogP contribution is -2.21. The quantitative estimate of drug-likeness (QED) is 0.656. The van der Waals surface area contributed by atoms with Gasteiger partial charge in [0.25, 0.3) is 0 Å². The molecule has 0 saturated carbocycles. The molecule has 1 aromatic carbocycles. The topological polar surface area (TPSA) is 60.0 Å². The van der Waals surface area contributed by atoms with Crippen molar-refractivity contribution < 1.29 is 0 Å². The van der Waals surface area contributed by atoms with Crippen LogP contribution in [0.4, 0.5) is 5.69 Å². The van der Waals surface area contributed by atoms with Crippen molar-refractivity contribution in [2.75, 3.05) is 23.8 Å². The fourth-order valence-electron chi connectivity index (χ4n) is 2.18. The Morgan fingerprint density at radius 1 is 1.14 bits per heavy atom. The summed E-state index contributed by atoms with van der Waals surface area (Å²) >= 11 is 1.61. The summed E-state index contributed by atoms with van der Waals surface area (Å²) in [6.07, 6.45) is 0. The standard InChI is InChI=1S/C15H23N5S/c1-5-19(6-2)13-9-7-12(8-10-13)14-17-18-15(20(14)16)21-11(3)4/h7-11H,5-6,16H2,1-4H3. The van der Waals surface area contributed by atoms with Gasteiger partial charge in [-0.2, -0.15) is 0 Å². The highest BCUT2D eigenvalue weighted by atomic mass is 32.2. The highest BCUT2D eigenvalue weighted by Gasteiger charge is 2.13. The summed E-state index contributed by atoms with van der Waals surface area (Å²) in [4.78, 5) is 2.30. The van der Waals surface area contributed by atoms with Crippen LogP contribution in [-0.4, -0.2) is 33.2 Å². The Morgan fingerprint density at radius 2 is 1.76 bits per heavy atom. The Morgan fingerprint density at radius 3 is 2.29 bits per heavy atom. The number of hydrogen-bond donors (Lipinski definition) is 1. The minimum absolute atomic E-state index is 0.425. The lowest BCUT2D eigenvalue weighted by atomic mass is 10.2. The molecule has 1 heterocycles. The average Bonchev–Trinajstić information content (AvgIpc) is 2.82. The zero-order valence-electron chi connectivity index (χ0n) is 13.1. The molecule has 0 aliphatic rings. The second-order valence-corrected chi connectivity index (χ2v) is 6.61. The third-order valence-corrected chi connectivity index (χ3v) is 4.22. The molecule has 0 aliphatic heterocycles. The number of nitrogen functional groups attached to an aromatic ring is 1. The Bertz CT molecular complexity index is 572. The first kappa shape index (κ1) is 15.7. The van der Waals surface area contributed by atoms with E-state index in [1.807, 2.05) is 12.1 Å². The molecule has 5 nitrogen and oxygen atoms in total. The van der Waals surface area contributed by atoms with Crippen LogP contribution in [0.15, 0.2) is 29.4 Å². The molecule has 0 amide bonds. The molecule has 0 aliphatic carbocycles. The van der Waals surface area contributed by atoms with Crippen LogP contribution in [0.25, 0.3) is 11.4 Å². The van der Waals surface area contributed by atoms with E-state index in [4.69, 9.17) is 5.84 Å². The van der Waals surface area contributed by atoms with E-state index >= 15 is 0 Å². The van der Waals surface area contributed by atoms with E-state index in [0.717, 1.165) is 23.8 Å². The molecule has 1 aromatic heterocycles. The van der Waals surface area contributed by atoms with Gasteiger partial charge in [-0.1, -0.05) is 25.6 Å². The van der Waals surface area contributed by atoms with Gasteiger partial charge >= 0.3 is 0 Å². The van der Waals surface area contributed by atoms with Crippen molar-refractivity contribution in [3.63, 3.8) is 0 Å². The third kappa shape index (κ3) is 3.50. The maximum Gasteiger partial charge on any atom is 0.210 e. The summed E-state index contributed by atoms with van der Waals surface area (Å²) in [7, 11) is 0. The molecule has 0 atom stereocenters. The van der Waals surface area contributed by atoms with Crippen molar-refractivity contribution in [3.8, 4) is 11.4 Å². The van der Waals surface area contributed by atoms with Crippen LogP contribution in [0.1, 0.15) is 27.7 Å². The summed E-state index contributed by atoms with van der Waals surface area (Å²) < 4.78 is 1.57. The number of anilines is 1. The van der Waals surface area contributed by atoms with E-state index in [0.29, 0.717) is 11.1 Å². The lowest BCUT2D eigenvalue weighted by molar-refractivity contribution is 0.844. The number of nitrogens with zero attached hydrogens (tertiary/aromatic N) is 4. The van der Waals surface area contributed by atoms with Crippen molar-refractivity contribution in [1.82, 2.24) is 14.9 Å². The van der Waals surface area contributed by atoms with Gasteiger partial charge in [0.15, 0.2) is 5.82 Å². The molecule has 0 fully saturated rings. The van der Waals surface area contributed by atoms with Crippen LogP contribution in [0.3, 0.4) is 0 Å². The minimum Gasteiger partial charge on any atom is -0.372 e. The van der Waals surface area contributed by atoms with Crippen LogP contribution in [0.5, 0.6) is 0 Å². The van der Waals surface area contributed by atoms with E-state index in [1.54, 1.807) is 16.4 Å². The molecule has 0 bridgehead atoms. The second kappa shape index (κ2) is 6.85. The Hall–Kier alpha value is -1.69. The molecule has 0 unspecified atom stereocenters. The van der Waals surface area contributed by atoms with Gasteiger partial charge in [-0.3, -0.25) is 0 Å². The van der Waals surface area contributed by atoms with Crippen LogP contribution < -0.4 is 10.7 Å². The molecule has 2 N–H and O–H groups in total. The first-order valence-electron chi connectivity index (χ1n) is 7.29. The van der Waals surface area contributed by atoms with E-state index < -0.39 is 0 Å². The third-order valence-electron chi connectivity index (χ3n) is 3.26. The summed E-state index contributed by atoms with van der Waals surface area (Å²) in [5.41, 5.74) is 2.19. The lowest BCUT2D eigenvalue weighted by Gasteiger charge is -2.21. The van der Waals surface area contributed by atoms with Gasteiger partial charge in [0.05, 0.1) is 0 Å². The monoisotopic (exact) mass is 305 g/mol. The molecule has 0 saturated heterocycles. The van der Waals surface area contributed by atoms with Crippen molar-refractivity contribution in [1.29, 1.82) is 0 Å². The first-order valence-corrected chi connectivity index (χ1v) is 8.17. The number of rotatable bonds is 6. The van der Waals surface area contributed by atoms with Crippen LogP contribution >= 0.6 is 11.8 Å². The molecule has 2 aromatic rings. The van der Waals surface area contributed by atoms with Crippen LogP contribution in [0.2, 0.25) is 0 Å². The zero-order chi connectivity index (χ0) is 15.4. The summed E-state index contributed by atoms with van der Waals surface area (Å²) in [6.45, 7) is 10.5. The summed E-state index contributed by atoms with van der Waals surface area (Å²) in [6, 6.07) is 8.30. The van der Waals surface area contributed by atoms with Crippen molar-refractivity contribution in [3.05, 3.63) is 24.3 Å². The summed E-state index contributed by atoms with van der Waals surface area (Å²) in [5.74, 6) is 6.79. The van der Waals surface area contributed by atoms with Crippen LogP contribution in [-0.2, 0) is 0 Å². The molecule has 21 heavy (non-hydrogen) atoms. The number of aromatic nitrogens is 3. The van der Waals surface area contributed by atoms with E-state index in [-0.39, 0.29) is 0 Å². The van der Waals surface area contributed by atoms with Gasteiger partial charge in [-0.25, -0.2) is 4.68 Å². The molecule has 0 radical (unpaired) electrons. The largest absolute Gasteiger partial charge is 0.372 e. The highest BCUT2D eigenvalue weighted by Crippen LogP contribution is 2.25. The predicted molar refractivity (Wildman–Crippen MR) is 90.2 cm³/mol. The SMILES string of the molecule is CCN(CC)c1ccc(-c2nnc(SC(C)C)n2N)cc1. The maximum atomic E-state index is 6.09.